The average Bonchev–Trinajstić information content (AvgIpc) is 2.83. The number of nitrogens with one attached hydrogen (secondary N) is 2. The summed E-state index contributed by atoms with van der Waals surface area (Å²) >= 11 is 0. The van der Waals surface area contributed by atoms with E-state index in [0.29, 0.717) is 6.54 Å². The Morgan fingerprint density at radius 1 is 1.24 bits per heavy atom. The van der Waals surface area contributed by atoms with E-state index in [1.165, 1.54) is 11.3 Å². The minimum absolute atomic E-state index is 0.0557. The van der Waals surface area contributed by atoms with E-state index in [1.54, 1.807) is 0 Å². The first-order chi connectivity index (χ1) is 11.8. The molecule has 2 heterocycles. The number of ether oxygens (including phenoxy) is 1. The third-order valence-electron chi connectivity index (χ3n) is 4.95. The Labute approximate surface area is 151 Å². The molecule has 25 heavy (non-hydrogen) atoms. The highest BCUT2D eigenvalue weighted by molar-refractivity contribution is 5.79. The topological polar surface area (TPSA) is 66.7 Å². The monoisotopic (exact) mass is 350 g/mol. The second-order valence-electron chi connectivity index (χ2n) is 7.23. The molecule has 1 aliphatic heterocycles. The summed E-state index contributed by atoms with van der Waals surface area (Å²) in [6.45, 7) is 16.7. The van der Waals surface area contributed by atoms with Gasteiger partial charge in [-0.2, -0.15) is 5.10 Å². The lowest BCUT2D eigenvalue weighted by atomic mass is 10.0. The highest BCUT2D eigenvalue weighted by Gasteiger charge is 2.28. The van der Waals surface area contributed by atoms with Crippen LogP contribution in [-0.2, 0) is 18.3 Å². The lowest BCUT2D eigenvalue weighted by molar-refractivity contribution is -0.00834. The van der Waals surface area contributed by atoms with E-state index in [-0.39, 0.29) is 5.54 Å². The molecular weight excluding hydrogens is 316 g/mol. The summed E-state index contributed by atoms with van der Waals surface area (Å²) in [7, 11) is 1.98. The highest BCUT2D eigenvalue weighted by Crippen LogP contribution is 2.15. The number of morpholine rings is 1. The second kappa shape index (κ2) is 8.67. The summed E-state index contributed by atoms with van der Waals surface area (Å²) < 4.78 is 7.38. The molecule has 7 heteroatoms. The van der Waals surface area contributed by atoms with Crippen LogP contribution in [0.2, 0.25) is 0 Å². The fraction of sp³-hybridized carbons (Fsp3) is 0.778. The van der Waals surface area contributed by atoms with Gasteiger partial charge in [0.25, 0.3) is 0 Å². The zero-order valence-electron chi connectivity index (χ0n) is 16.6. The molecule has 0 aromatic carbocycles. The Bertz CT molecular complexity index is 587. The number of hydrogen-bond donors (Lipinski definition) is 2. The van der Waals surface area contributed by atoms with Crippen LogP contribution in [0.5, 0.6) is 0 Å². The molecule has 0 saturated carbocycles. The van der Waals surface area contributed by atoms with E-state index in [1.807, 2.05) is 18.7 Å². The summed E-state index contributed by atoms with van der Waals surface area (Å²) in [5.41, 5.74) is 3.48. The predicted octanol–water partition coefficient (Wildman–Crippen LogP) is 1.20. The quantitative estimate of drug-likeness (QED) is 0.596. The van der Waals surface area contributed by atoms with Gasteiger partial charge in [0.05, 0.1) is 25.5 Å². The van der Waals surface area contributed by atoms with Gasteiger partial charge in [-0.25, -0.2) is 4.99 Å². The molecular formula is C18H34N6O. The van der Waals surface area contributed by atoms with Gasteiger partial charge in [0.15, 0.2) is 5.96 Å². The Balaban J connectivity index is 1.99. The smallest absolute Gasteiger partial charge is 0.191 e. The van der Waals surface area contributed by atoms with E-state index in [9.17, 15) is 0 Å². The molecule has 0 radical (unpaired) electrons. The minimum atomic E-state index is 0.0557. The second-order valence-corrected chi connectivity index (χ2v) is 7.23. The number of guanidine groups is 1. The van der Waals surface area contributed by atoms with Gasteiger partial charge >= 0.3 is 0 Å². The maximum Gasteiger partial charge on any atom is 0.191 e. The van der Waals surface area contributed by atoms with E-state index >= 15 is 0 Å². The molecule has 0 atom stereocenters. The van der Waals surface area contributed by atoms with Crippen LogP contribution in [0, 0.1) is 13.8 Å². The van der Waals surface area contributed by atoms with Gasteiger partial charge in [-0.3, -0.25) is 9.58 Å². The Hall–Kier alpha value is -1.60. The van der Waals surface area contributed by atoms with Gasteiger partial charge in [-0.1, -0.05) is 0 Å². The average molecular weight is 351 g/mol. The molecule has 142 valence electrons. The number of aryl methyl sites for hydroxylation is 2. The molecule has 1 aliphatic rings. The van der Waals surface area contributed by atoms with Gasteiger partial charge in [-0.15, -0.1) is 0 Å². The largest absolute Gasteiger partial charge is 0.379 e. The summed E-state index contributed by atoms with van der Waals surface area (Å²) in [4.78, 5) is 7.24. The molecule has 1 aromatic heterocycles. The highest BCUT2D eigenvalue weighted by atomic mass is 16.5. The molecule has 2 N–H and O–H groups in total. The fourth-order valence-electron chi connectivity index (χ4n) is 3.13. The summed E-state index contributed by atoms with van der Waals surface area (Å²) in [5, 5.41) is 11.3. The van der Waals surface area contributed by atoms with Gasteiger partial charge < -0.3 is 15.4 Å². The molecule has 1 saturated heterocycles. The molecule has 2 rings (SSSR count). The van der Waals surface area contributed by atoms with Crippen molar-refractivity contribution in [3.05, 3.63) is 17.0 Å². The number of rotatable bonds is 6. The van der Waals surface area contributed by atoms with Crippen LogP contribution in [-0.4, -0.2) is 65.6 Å². The molecule has 1 aromatic rings. The van der Waals surface area contributed by atoms with Crippen LogP contribution in [0.15, 0.2) is 4.99 Å². The Kier molecular flexibility index (Phi) is 6.84. The van der Waals surface area contributed by atoms with Crippen molar-refractivity contribution in [2.24, 2.45) is 12.0 Å². The van der Waals surface area contributed by atoms with Crippen molar-refractivity contribution in [2.45, 2.75) is 46.7 Å². The van der Waals surface area contributed by atoms with E-state index in [0.717, 1.165) is 51.0 Å². The zero-order chi connectivity index (χ0) is 18.4. The number of hydrogen-bond acceptors (Lipinski definition) is 4. The third-order valence-corrected chi connectivity index (χ3v) is 4.95. The van der Waals surface area contributed by atoms with Gasteiger partial charge in [0.2, 0.25) is 0 Å². The molecule has 0 spiro atoms. The van der Waals surface area contributed by atoms with Crippen LogP contribution in [0.3, 0.4) is 0 Å². The normalized spacial score (nSPS) is 17.0. The van der Waals surface area contributed by atoms with Crippen LogP contribution in [0.4, 0.5) is 0 Å². The van der Waals surface area contributed by atoms with Gasteiger partial charge in [0, 0.05) is 50.0 Å². The summed E-state index contributed by atoms with van der Waals surface area (Å²) in [6.07, 6.45) is 0. The van der Waals surface area contributed by atoms with Crippen LogP contribution in [0.1, 0.15) is 37.7 Å². The lowest BCUT2D eigenvalue weighted by Crippen LogP contribution is -2.56. The lowest BCUT2D eigenvalue weighted by Gasteiger charge is -2.41. The van der Waals surface area contributed by atoms with Crippen LogP contribution < -0.4 is 10.6 Å². The van der Waals surface area contributed by atoms with Crippen molar-refractivity contribution < 1.29 is 4.74 Å². The standard InChI is InChI=1S/C18H34N6O/c1-7-19-17(20-12-16-14(2)22-23(6)15(16)3)21-13-18(4,5)24-8-10-25-11-9-24/h7-13H2,1-6H3,(H2,19,20,21). The van der Waals surface area contributed by atoms with Crippen molar-refractivity contribution >= 4 is 5.96 Å². The third kappa shape index (κ3) is 5.19. The summed E-state index contributed by atoms with van der Waals surface area (Å²) in [6, 6.07) is 0. The van der Waals surface area contributed by atoms with E-state index in [4.69, 9.17) is 9.73 Å². The maximum absolute atomic E-state index is 5.46. The molecule has 0 bridgehead atoms. The molecule has 0 aliphatic carbocycles. The van der Waals surface area contributed by atoms with Crippen molar-refractivity contribution in [3.8, 4) is 0 Å². The first-order valence-electron chi connectivity index (χ1n) is 9.19. The first kappa shape index (κ1) is 19.7. The fourth-order valence-corrected chi connectivity index (χ4v) is 3.13. The minimum Gasteiger partial charge on any atom is -0.379 e. The number of aromatic nitrogens is 2. The van der Waals surface area contributed by atoms with E-state index < -0.39 is 0 Å². The molecule has 0 unspecified atom stereocenters. The van der Waals surface area contributed by atoms with Gasteiger partial charge in [0.1, 0.15) is 0 Å². The van der Waals surface area contributed by atoms with Crippen molar-refractivity contribution in [1.82, 2.24) is 25.3 Å². The van der Waals surface area contributed by atoms with Crippen LogP contribution >= 0.6 is 0 Å². The first-order valence-corrected chi connectivity index (χ1v) is 9.19. The van der Waals surface area contributed by atoms with E-state index in [2.05, 4.69) is 48.3 Å². The molecule has 0 amide bonds. The number of aliphatic imine (C=N–C) groups is 1. The zero-order valence-corrected chi connectivity index (χ0v) is 16.6. The predicted molar refractivity (Wildman–Crippen MR) is 102 cm³/mol. The maximum atomic E-state index is 5.46. The Morgan fingerprint density at radius 3 is 2.48 bits per heavy atom. The number of nitrogens with zero attached hydrogens (tertiary/aromatic N) is 4. The van der Waals surface area contributed by atoms with Crippen molar-refractivity contribution in [1.29, 1.82) is 0 Å². The summed E-state index contributed by atoms with van der Waals surface area (Å²) in [5.74, 6) is 0.853. The van der Waals surface area contributed by atoms with Crippen molar-refractivity contribution in [2.75, 3.05) is 39.4 Å². The Morgan fingerprint density at radius 2 is 1.92 bits per heavy atom. The van der Waals surface area contributed by atoms with Crippen LogP contribution in [0.25, 0.3) is 0 Å². The molecule has 1 fully saturated rings. The SMILES string of the molecule is CCNC(=NCc1c(C)nn(C)c1C)NCC(C)(C)N1CCOCC1. The molecule has 7 nitrogen and oxygen atoms in total. The van der Waals surface area contributed by atoms with Gasteiger partial charge in [-0.05, 0) is 34.6 Å². The van der Waals surface area contributed by atoms with Crippen molar-refractivity contribution in [3.63, 3.8) is 0 Å².